The summed E-state index contributed by atoms with van der Waals surface area (Å²) in [5, 5.41) is 2.25. The fraction of sp³-hybridized carbons (Fsp3) is 0.455. The number of benzene rings is 1. The third-order valence-corrected chi connectivity index (χ3v) is 2.71. The first-order valence-corrected chi connectivity index (χ1v) is 5.23. The van der Waals surface area contributed by atoms with Crippen LogP contribution < -0.4 is 5.32 Å². The molecule has 1 heterocycles. The van der Waals surface area contributed by atoms with Gasteiger partial charge in [0.2, 0.25) is 0 Å². The molecule has 1 saturated heterocycles. The average molecular weight is 213 g/mol. The average Bonchev–Trinajstić information content (AvgIpc) is 2.24. The zero-order valence-corrected chi connectivity index (χ0v) is 8.55. The van der Waals surface area contributed by atoms with Crippen LogP contribution in [-0.4, -0.2) is 31.1 Å². The van der Waals surface area contributed by atoms with E-state index in [-0.39, 0.29) is 0 Å². The zero-order chi connectivity index (χ0) is 10.7. The third kappa shape index (κ3) is 2.73. The number of hydrogen-bond donors (Lipinski definition) is 1. The van der Waals surface area contributed by atoms with E-state index in [0.717, 1.165) is 32.2 Å². The van der Waals surface area contributed by atoms with Crippen LogP contribution in [0.5, 0.6) is 0 Å². The Morgan fingerprint density at radius 2 is 1.93 bits per heavy atom. The highest BCUT2D eigenvalue weighted by atomic mass is 19.1. The van der Waals surface area contributed by atoms with Gasteiger partial charge < -0.3 is 5.32 Å². The molecule has 0 unspecified atom stereocenters. The monoisotopic (exact) mass is 213 g/mol. The Labute approximate surface area is 87.9 Å². The lowest BCUT2D eigenvalue weighted by Crippen LogP contribution is -2.89. The van der Waals surface area contributed by atoms with Crippen molar-refractivity contribution < 1.29 is 14.1 Å². The van der Waals surface area contributed by atoms with Gasteiger partial charge in [-0.05, 0) is 6.07 Å². The first-order valence-electron chi connectivity index (χ1n) is 5.23. The van der Waals surface area contributed by atoms with Crippen LogP contribution >= 0.6 is 0 Å². The van der Waals surface area contributed by atoms with E-state index in [2.05, 4.69) is 10.2 Å². The molecule has 0 amide bonds. The summed E-state index contributed by atoms with van der Waals surface area (Å²) in [6.45, 7) is 4.64. The largest absolute Gasteiger partial charge is 0.344 e. The van der Waals surface area contributed by atoms with Crippen molar-refractivity contribution in [1.82, 2.24) is 4.90 Å². The number of hydrogen-bond acceptors (Lipinski definition) is 1. The summed E-state index contributed by atoms with van der Waals surface area (Å²) in [4.78, 5) is 2.19. The molecule has 1 aliphatic rings. The van der Waals surface area contributed by atoms with Gasteiger partial charge in [-0.25, -0.2) is 8.78 Å². The van der Waals surface area contributed by atoms with Crippen molar-refractivity contribution in [3.05, 3.63) is 35.4 Å². The second kappa shape index (κ2) is 4.68. The Hall–Kier alpha value is -1.00. The fourth-order valence-electron chi connectivity index (χ4n) is 1.85. The number of rotatable bonds is 2. The summed E-state index contributed by atoms with van der Waals surface area (Å²) >= 11 is 0. The van der Waals surface area contributed by atoms with Crippen LogP contribution in [0.3, 0.4) is 0 Å². The highest BCUT2D eigenvalue weighted by molar-refractivity contribution is 5.18. The molecule has 0 spiro atoms. The van der Waals surface area contributed by atoms with Crippen molar-refractivity contribution in [2.24, 2.45) is 0 Å². The molecule has 2 nitrogen and oxygen atoms in total. The first kappa shape index (κ1) is 10.5. The minimum absolute atomic E-state index is 0.440. The zero-order valence-electron chi connectivity index (χ0n) is 8.55. The van der Waals surface area contributed by atoms with Gasteiger partial charge in [0.05, 0.1) is 13.1 Å². The van der Waals surface area contributed by atoms with Crippen LogP contribution in [0.2, 0.25) is 0 Å². The van der Waals surface area contributed by atoms with Gasteiger partial charge in [-0.2, -0.15) is 0 Å². The van der Waals surface area contributed by atoms with E-state index in [9.17, 15) is 8.78 Å². The number of nitrogens with two attached hydrogens (primary N) is 1. The maximum absolute atomic E-state index is 13.3. The smallest absolute Gasteiger partial charge is 0.130 e. The lowest BCUT2D eigenvalue weighted by atomic mass is 10.2. The maximum atomic E-state index is 13.3. The molecule has 0 bridgehead atoms. The van der Waals surface area contributed by atoms with Crippen LogP contribution in [0.1, 0.15) is 5.56 Å². The molecule has 0 aromatic heterocycles. The summed E-state index contributed by atoms with van der Waals surface area (Å²) < 4.78 is 26.0. The van der Waals surface area contributed by atoms with E-state index in [1.807, 2.05) is 0 Å². The molecule has 1 aliphatic heterocycles. The molecular formula is C11H15F2N2+. The van der Waals surface area contributed by atoms with Gasteiger partial charge in [0.25, 0.3) is 0 Å². The van der Waals surface area contributed by atoms with Crippen LogP contribution in [-0.2, 0) is 6.54 Å². The second-order valence-corrected chi connectivity index (χ2v) is 3.88. The van der Waals surface area contributed by atoms with Crippen LogP contribution in [0.15, 0.2) is 18.2 Å². The highest BCUT2D eigenvalue weighted by Gasteiger charge is 2.14. The van der Waals surface area contributed by atoms with Gasteiger partial charge in [0.1, 0.15) is 11.6 Å². The number of nitrogens with zero attached hydrogens (tertiary/aromatic N) is 1. The summed E-state index contributed by atoms with van der Waals surface area (Å²) in [6.07, 6.45) is 0. The van der Waals surface area contributed by atoms with Crippen molar-refractivity contribution in [3.8, 4) is 0 Å². The predicted octanol–water partition coefficient (Wildman–Crippen LogP) is 0.344. The molecule has 4 heteroatoms. The molecule has 1 aromatic rings. The summed E-state index contributed by atoms with van der Waals surface area (Å²) in [5.41, 5.74) is 0.582. The maximum Gasteiger partial charge on any atom is 0.130 e. The van der Waals surface area contributed by atoms with Crippen molar-refractivity contribution in [3.63, 3.8) is 0 Å². The minimum Gasteiger partial charge on any atom is -0.344 e. The van der Waals surface area contributed by atoms with E-state index in [0.29, 0.717) is 12.1 Å². The Balaban J connectivity index is 2.03. The molecule has 0 radical (unpaired) electrons. The number of quaternary nitrogens is 1. The van der Waals surface area contributed by atoms with Crippen molar-refractivity contribution in [2.45, 2.75) is 6.54 Å². The predicted molar refractivity (Wildman–Crippen MR) is 53.3 cm³/mol. The second-order valence-electron chi connectivity index (χ2n) is 3.88. The highest BCUT2D eigenvalue weighted by Crippen LogP contribution is 2.11. The quantitative estimate of drug-likeness (QED) is 0.751. The Morgan fingerprint density at radius 1 is 1.20 bits per heavy atom. The molecular weight excluding hydrogens is 198 g/mol. The Morgan fingerprint density at radius 3 is 2.60 bits per heavy atom. The standard InChI is InChI=1S/C11H14F2N2/c12-10-2-1-9(11(13)7-10)8-15-5-3-14-4-6-15/h1-2,7,14H,3-6,8H2/p+1. The van der Waals surface area contributed by atoms with E-state index in [1.165, 1.54) is 12.1 Å². The third-order valence-electron chi connectivity index (χ3n) is 2.71. The number of halogens is 2. The molecule has 2 rings (SSSR count). The Bertz CT molecular complexity index is 335. The molecule has 1 fully saturated rings. The normalized spacial score (nSPS) is 18.0. The summed E-state index contributed by atoms with van der Waals surface area (Å²) in [6, 6.07) is 3.79. The van der Waals surface area contributed by atoms with Crippen LogP contribution in [0.4, 0.5) is 8.78 Å². The van der Waals surface area contributed by atoms with Gasteiger partial charge in [-0.15, -0.1) is 0 Å². The summed E-state index contributed by atoms with van der Waals surface area (Å²) in [5.74, 6) is -0.951. The summed E-state index contributed by atoms with van der Waals surface area (Å²) in [7, 11) is 0. The van der Waals surface area contributed by atoms with Crippen LogP contribution in [0.25, 0.3) is 0 Å². The van der Waals surface area contributed by atoms with Gasteiger partial charge in [-0.1, -0.05) is 6.07 Å². The topological polar surface area (TPSA) is 19.9 Å². The molecule has 1 aromatic carbocycles. The lowest BCUT2D eigenvalue weighted by molar-refractivity contribution is -0.663. The fourth-order valence-corrected chi connectivity index (χ4v) is 1.85. The molecule has 82 valence electrons. The van der Waals surface area contributed by atoms with E-state index < -0.39 is 11.6 Å². The molecule has 0 saturated carbocycles. The van der Waals surface area contributed by atoms with Crippen LogP contribution in [0, 0.1) is 11.6 Å². The minimum atomic E-state index is -0.511. The lowest BCUT2D eigenvalue weighted by Gasteiger charge is -2.25. The SMILES string of the molecule is Fc1ccc(CN2CC[NH2+]CC2)c(F)c1. The van der Waals surface area contributed by atoms with Crippen molar-refractivity contribution in [2.75, 3.05) is 26.2 Å². The molecule has 15 heavy (non-hydrogen) atoms. The Kier molecular flexibility index (Phi) is 3.28. The van der Waals surface area contributed by atoms with E-state index >= 15 is 0 Å². The van der Waals surface area contributed by atoms with Crippen molar-refractivity contribution >= 4 is 0 Å². The first-order chi connectivity index (χ1) is 7.25. The van der Waals surface area contributed by atoms with E-state index in [4.69, 9.17) is 0 Å². The van der Waals surface area contributed by atoms with Gasteiger partial charge in [0, 0.05) is 31.3 Å². The van der Waals surface area contributed by atoms with Gasteiger partial charge in [0.15, 0.2) is 0 Å². The van der Waals surface area contributed by atoms with E-state index in [1.54, 1.807) is 0 Å². The van der Waals surface area contributed by atoms with Gasteiger partial charge in [-0.3, -0.25) is 4.90 Å². The number of piperazine rings is 1. The molecule has 2 N–H and O–H groups in total. The van der Waals surface area contributed by atoms with Gasteiger partial charge >= 0.3 is 0 Å². The molecule has 0 atom stereocenters. The molecule has 0 aliphatic carbocycles. The van der Waals surface area contributed by atoms with Crippen molar-refractivity contribution in [1.29, 1.82) is 0 Å².